The average molecular weight is 745 g/mol. The molecule has 2 aliphatic rings. The van der Waals surface area contributed by atoms with Crippen molar-refractivity contribution in [1.29, 1.82) is 0 Å². The van der Waals surface area contributed by atoms with Crippen LogP contribution in [0.5, 0.6) is 5.75 Å². The Morgan fingerprint density at radius 2 is 1.56 bits per heavy atom. The molecule has 0 fully saturated rings. The van der Waals surface area contributed by atoms with Crippen molar-refractivity contribution in [2.24, 2.45) is 0 Å². The lowest BCUT2D eigenvalue weighted by Gasteiger charge is -2.23. The van der Waals surface area contributed by atoms with Crippen LogP contribution in [0.25, 0.3) is 33.4 Å². The Morgan fingerprint density at radius 3 is 2.20 bits per heavy atom. The first-order valence-electron chi connectivity index (χ1n) is 15.7. The van der Waals surface area contributed by atoms with Crippen LogP contribution in [0.15, 0.2) is 91.9 Å². The van der Waals surface area contributed by atoms with Crippen molar-refractivity contribution in [3.8, 4) is 28.2 Å². The van der Waals surface area contributed by atoms with Gasteiger partial charge in [0.05, 0.1) is 40.7 Å². The molecule has 0 bridgehead atoms. The van der Waals surface area contributed by atoms with Gasteiger partial charge in [-0.15, -0.1) is 4.33 Å². The maximum Gasteiger partial charge on any atom is 0.294 e. The van der Waals surface area contributed by atoms with E-state index in [9.17, 15) is 21.4 Å². The zero-order valence-electron chi connectivity index (χ0n) is 28.0. The number of anilines is 2. The number of ether oxygens (including phenoxy) is 1. The number of hydrogen-bond donors (Lipinski definition) is 3. The van der Waals surface area contributed by atoms with Gasteiger partial charge < -0.3 is 14.1 Å². The maximum absolute atomic E-state index is 13.7. The van der Waals surface area contributed by atoms with Crippen molar-refractivity contribution in [2.75, 3.05) is 42.9 Å². The first-order valence-corrected chi connectivity index (χ1v) is 19.4. The Kier molecular flexibility index (Phi) is 11.4. The van der Waals surface area contributed by atoms with Gasteiger partial charge in [-0.25, -0.2) is 18.3 Å². The van der Waals surface area contributed by atoms with Crippen LogP contribution in [0.3, 0.4) is 0 Å². The van der Waals surface area contributed by atoms with Gasteiger partial charge in [0.2, 0.25) is 5.36 Å². The molecule has 50 heavy (non-hydrogen) atoms. The van der Waals surface area contributed by atoms with E-state index < -0.39 is 25.0 Å². The first-order chi connectivity index (χ1) is 23.9. The highest BCUT2D eigenvalue weighted by Gasteiger charge is 2.25. The van der Waals surface area contributed by atoms with Crippen molar-refractivity contribution >= 4 is 54.5 Å². The molecule has 1 aliphatic carbocycles. The number of hydrogen-bond acceptors (Lipinski definition) is 11. The van der Waals surface area contributed by atoms with Gasteiger partial charge in [0, 0.05) is 58.4 Å². The molecular formula is C34H38N3O10S3+. The van der Waals surface area contributed by atoms with Crippen molar-refractivity contribution in [1.82, 2.24) is 4.58 Å². The van der Waals surface area contributed by atoms with Crippen molar-refractivity contribution in [3.63, 3.8) is 0 Å². The second kappa shape index (κ2) is 15.4. The van der Waals surface area contributed by atoms with E-state index in [-0.39, 0.29) is 21.2 Å². The summed E-state index contributed by atoms with van der Waals surface area (Å²) >= 11 is 0.608. The molecule has 0 atom stereocenters. The quantitative estimate of drug-likeness (QED) is 0.0288. The Hall–Kier alpha value is -4.16. The minimum absolute atomic E-state index is 0.0669. The maximum atomic E-state index is 13.7. The largest absolute Gasteiger partial charge is 0.495 e. The number of methoxy groups -OCH3 is 1. The number of benzene rings is 4. The number of sulfonamides is 1. The Morgan fingerprint density at radius 1 is 0.860 bits per heavy atom. The van der Waals surface area contributed by atoms with Crippen LogP contribution in [0.4, 0.5) is 11.4 Å². The molecule has 3 aromatic rings. The summed E-state index contributed by atoms with van der Waals surface area (Å²) < 4.78 is 81.2. The topological polar surface area (TPSA) is 168 Å². The molecule has 0 unspecified atom stereocenters. The number of nitrogens with zero attached hydrogens (tertiary/aromatic N) is 2. The molecule has 0 radical (unpaired) electrons. The Balaban J connectivity index is 1.72. The zero-order chi connectivity index (χ0) is 36.2. The molecule has 3 aromatic carbocycles. The van der Waals surface area contributed by atoms with Crippen LogP contribution in [0.2, 0.25) is 0 Å². The van der Waals surface area contributed by atoms with Crippen LogP contribution in [-0.4, -0.2) is 59.9 Å². The molecule has 0 saturated heterocycles. The first kappa shape index (κ1) is 37.1. The van der Waals surface area contributed by atoms with Gasteiger partial charge in [-0.2, -0.15) is 8.42 Å². The highest BCUT2D eigenvalue weighted by molar-refractivity contribution is 7.95. The molecule has 16 heteroatoms. The van der Waals surface area contributed by atoms with Gasteiger partial charge >= 0.3 is 0 Å². The van der Waals surface area contributed by atoms with Crippen molar-refractivity contribution in [3.05, 3.63) is 78.2 Å². The summed E-state index contributed by atoms with van der Waals surface area (Å²) in [6, 6.07) is 19.5. The van der Waals surface area contributed by atoms with Crippen LogP contribution < -0.4 is 24.3 Å². The predicted molar refractivity (Wildman–Crippen MR) is 192 cm³/mol. The normalized spacial score (nSPS) is 12.0. The van der Waals surface area contributed by atoms with Gasteiger partial charge in [0.1, 0.15) is 30.2 Å². The SMILES string of the molecule is CCN(CC)c1ccc2c(-c3ccc(S(=O)(=O)Nc4ccc(S(=O)(=O)O)cc4OC)cc3SOOO)c3ccc(=[N+](CC)CC)cc-3oc2c1. The van der Waals surface area contributed by atoms with E-state index in [1.165, 1.54) is 19.2 Å². The van der Waals surface area contributed by atoms with E-state index in [2.05, 4.69) is 46.9 Å². The molecule has 0 spiro atoms. The lowest BCUT2D eigenvalue weighted by molar-refractivity contribution is -0.432. The molecule has 0 amide bonds. The molecule has 0 saturated carbocycles. The molecule has 266 valence electrons. The minimum Gasteiger partial charge on any atom is -0.495 e. The molecule has 1 heterocycles. The summed E-state index contributed by atoms with van der Waals surface area (Å²) in [7, 11) is -7.64. The second-order valence-corrected chi connectivity index (χ2v) is 14.9. The smallest absolute Gasteiger partial charge is 0.294 e. The fourth-order valence-electron chi connectivity index (χ4n) is 5.85. The zero-order valence-corrected chi connectivity index (χ0v) is 30.5. The van der Waals surface area contributed by atoms with E-state index >= 15 is 0 Å². The highest BCUT2D eigenvalue weighted by atomic mass is 32.2. The van der Waals surface area contributed by atoms with Gasteiger partial charge in [-0.1, -0.05) is 11.1 Å². The lowest BCUT2D eigenvalue weighted by Crippen LogP contribution is -2.29. The number of nitrogens with one attached hydrogen (secondary N) is 1. The third-order valence-corrected chi connectivity index (χ3v) is 11.2. The monoisotopic (exact) mass is 744 g/mol. The summed E-state index contributed by atoms with van der Waals surface area (Å²) in [5.74, 6) is 0.480. The van der Waals surface area contributed by atoms with Gasteiger partial charge in [-0.3, -0.25) is 9.27 Å². The summed E-state index contributed by atoms with van der Waals surface area (Å²) in [6.45, 7) is 11.5. The van der Waals surface area contributed by atoms with E-state index in [4.69, 9.17) is 18.7 Å². The second-order valence-electron chi connectivity index (χ2n) is 11.0. The third kappa shape index (κ3) is 7.61. The summed E-state index contributed by atoms with van der Waals surface area (Å²) in [5, 5.41) is 14.7. The molecule has 13 nitrogen and oxygen atoms in total. The van der Waals surface area contributed by atoms with Gasteiger partial charge in [0.25, 0.3) is 20.1 Å². The van der Waals surface area contributed by atoms with Crippen molar-refractivity contribution < 1.29 is 45.2 Å². The standard InChI is InChI=1S/C34H37N3O10S3/c1-6-36(7-2)22-10-14-26-30(18-22)45-31-19-23(37(8-3)9-4)11-15-27(31)34(26)28-16-12-24(21-33(28)48-47-46-38)49(39,40)35-29-17-13-25(50(41,42)43)20-32(29)44-5/h10-21,35H,6-9H2,1-5H3,(H-,38,41,42,43)/p+1. The summed E-state index contributed by atoms with van der Waals surface area (Å²) in [5.41, 5.74) is 3.59. The number of rotatable bonds is 14. The fourth-order valence-corrected chi connectivity index (χ4v) is 8.05. The lowest BCUT2D eigenvalue weighted by atomic mass is 9.93. The third-order valence-electron chi connectivity index (χ3n) is 8.35. The molecule has 1 aliphatic heterocycles. The average Bonchev–Trinajstić information content (AvgIpc) is 3.10. The van der Waals surface area contributed by atoms with Crippen LogP contribution in [-0.2, 0) is 29.5 Å². The van der Waals surface area contributed by atoms with Gasteiger partial charge in [0.15, 0.2) is 0 Å². The predicted octanol–water partition coefficient (Wildman–Crippen LogP) is 6.35. The minimum atomic E-state index is -4.56. The van der Waals surface area contributed by atoms with E-state index in [1.807, 2.05) is 36.4 Å². The molecule has 3 N–H and O–H groups in total. The Labute approximate surface area is 294 Å². The molecule has 5 rings (SSSR count). The van der Waals surface area contributed by atoms with E-state index in [0.29, 0.717) is 28.9 Å². The van der Waals surface area contributed by atoms with Crippen molar-refractivity contribution in [2.45, 2.75) is 42.4 Å². The number of fused-ring (bicyclic) bond motifs is 2. The van der Waals surface area contributed by atoms with E-state index in [1.54, 1.807) is 6.07 Å². The summed E-state index contributed by atoms with van der Waals surface area (Å²) in [6.07, 6.45) is 0. The van der Waals surface area contributed by atoms with E-state index in [0.717, 1.165) is 71.9 Å². The Bertz CT molecular complexity index is 2280. The summed E-state index contributed by atoms with van der Waals surface area (Å²) in [4.78, 5) is 1.83. The molecule has 0 aromatic heterocycles. The van der Waals surface area contributed by atoms with Crippen LogP contribution in [0, 0.1) is 0 Å². The molecular weight excluding hydrogens is 707 g/mol. The highest BCUT2D eigenvalue weighted by Crippen LogP contribution is 2.45. The fraction of sp³-hybridized carbons (Fsp3) is 0.265. The van der Waals surface area contributed by atoms with Gasteiger partial charge in [-0.05, 0) is 75.7 Å². The van der Waals surface area contributed by atoms with Crippen LogP contribution >= 0.6 is 12.0 Å². The van der Waals surface area contributed by atoms with Crippen LogP contribution in [0.1, 0.15) is 27.7 Å².